The maximum absolute atomic E-state index is 10.3. The van der Waals surface area contributed by atoms with Gasteiger partial charge >= 0.3 is 0 Å². The standard InChI is InChI=1S/C19H24N6O5/c1-29-11-4-2-10(3-5-11)6-7-21-16-13-17(24-19(20)23-16)25(9-22-13)18-15(28)14(27)12(8-26)30-18/h2-5,9,12,14-15,18,26-28H,6-8H2,1H3,(H3,20,21,23,24)/t12-,14-,15-,18?/m1/s1. The number of nitrogens with one attached hydrogen (secondary N) is 1. The number of anilines is 2. The van der Waals surface area contributed by atoms with Gasteiger partial charge in [-0.25, -0.2) is 4.98 Å². The topological polar surface area (TPSA) is 161 Å². The minimum absolute atomic E-state index is 0.0305. The second kappa shape index (κ2) is 8.40. The molecule has 0 amide bonds. The van der Waals surface area contributed by atoms with Crippen LogP contribution in [0, 0.1) is 0 Å². The van der Waals surface area contributed by atoms with Gasteiger partial charge in [0, 0.05) is 6.54 Å². The number of fused-ring (bicyclic) bond motifs is 1. The van der Waals surface area contributed by atoms with Gasteiger partial charge in [-0.3, -0.25) is 4.57 Å². The van der Waals surface area contributed by atoms with E-state index in [9.17, 15) is 15.3 Å². The minimum Gasteiger partial charge on any atom is -0.497 e. The Morgan fingerprint density at radius 2 is 1.97 bits per heavy atom. The number of aromatic nitrogens is 4. The van der Waals surface area contributed by atoms with Gasteiger partial charge in [-0.05, 0) is 24.1 Å². The van der Waals surface area contributed by atoms with E-state index in [0.717, 1.165) is 17.7 Å². The van der Waals surface area contributed by atoms with Crippen molar-refractivity contribution in [2.24, 2.45) is 0 Å². The van der Waals surface area contributed by atoms with Gasteiger partial charge in [-0.2, -0.15) is 9.97 Å². The molecule has 1 unspecified atom stereocenters. The fraction of sp³-hybridized carbons (Fsp3) is 0.421. The molecule has 1 aromatic carbocycles. The van der Waals surface area contributed by atoms with Crippen molar-refractivity contribution in [2.45, 2.75) is 31.0 Å². The Kier molecular flexibility index (Phi) is 5.68. The number of hydrogen-bond acceptors (Lipinski definition) is 10. The molecular weight excluding hydrogens is 392 g/mol. The molecule has 0 spiro atoms. The van der Waals surface area contributed by atoms with E-state index in [1.165, 1.54) is 10.9 Å². The number of nitrogen functional groups attached to an aromatic ring is 1. The summed E-state index contributed by atoms with van der Waals surface area (Å²) in [5.41, 5.74) is 7.80. The first-order valence-electron chi connectivity index (χ1n) is 9.51. The average Bonchev–Trinajstić information content (AvgIpc) is 3.29. The zero-order valence-electron chi connectivity index (χ0n) is 16.3. The molecule has 1 fully saturated rings. The maximum atomic E-state index is 10.3. The quantitative estimate of drug-likeness (QED) is 0.345. The van der Waals surface area contributed by atoms with Gasteiger partial charge < -0.3 is 35.8 Å². The molecule has 6 N–H and O–H groups in total. The first-order valence-corrected chi connectivity index (χ1v) is 9.51. The normalized spacial score (nSPS) is 23.7. The number of aliphatic hydroxyl groups is 3. The highest BCUT2D eigenvalue weighted by atomic mass is 16.6. The SMILES string of the molecule is COc1ccc(CCNc2nc(N)nc3c2ncn3C2O[C@H](CO)[C@@H](O)[C@H]2O)cc1. The van der Waals surface area contributed by atoms with Crippen molar-refractivity contribution in [3.8, 4) is 5.75 Å². The van der Waals surface area contributed by atoms with Crippen molar-refractivity contribution in [2.75, 3.05) is 31.3 Å². The summed E-state index contributed by atoms with van der Waals surface area (Å²) in [5.74, 6) is 1.28. The van der Waals surface area contributed by atoms with Gasteiger partial charge in [-0.1, -0.05) is 12.1 Å². The number of imidazole rings is 1. The summed E-state index contributed by atoms with van der Waals surface area (Å²) in [6.45, 7) is 0.162. The Bertz CT molecular complexity index is 1010. The van der Waals surface area contributed by atoms with Crippen molar-refractivity contribution in [3.05, 3.63) is 36.2 Å². The van der Waals surface area contributed by atoms with Gasteiger partial charge in [0.15, 0.2) is 23.2 Å². The van der Waals surface area contributed by atoms with Crippen molar-refractivity contribution < 1.29 is 24.8 Å². The molecule has 4 atom stereocenters. The summed E-state index contributed by atoms with van der Waals surface area (Å²) in [6, 6.07) is 7.78. The van der Waals surface area contributed by atoms with Crippen molar-refractivity contribution in [1.82, 2.24) is 19.5 Å². The number of methoxy groups -OCH3 is 1. The van der Waals surface area contributed by atoms with Gasteiger partial charge in [0.1, 0.15) is 24.1 Å². The largest absolute Gasteiger partial charge is 0.497 e. The van der Waals surface area contributed by atoms with Crippen LogP contribution in [0.3, 0.4) is 0 Å². The van der Waals surface area contributed by atoms with E-state index in [1.807, 2.05) is 24.3 Å². The predicted octanol–water partition coefficient (Wildman–Crippen LogP) is -0.317. The zero-order chi connectivity index (χ0) is 21.3. The minimum atomic E-state index is -1.25. The first kappa shape index (κ1) is 20.3. The number of ether oxygens (including phenoxy) is 2. The van der Waals surface area contributed by atoms with Gasteiger partial charge in [0.05, 0.1) is 20.0 Å². The number of hydrogen-bond donors (Lipinski definition) is 5. The first-order chi connectivity index (χ1) is 14.5. The summed E-state index contributed by atoms with van der Waals surface area (Å²) in [5, 5.41) is 32.8. The molecule has 0 bridgehead atoms. The van der Waals surface area contributed by atoms with Crippen LogP contribution in [-0.4, -0.2) is 73.4 Å². The molecule has 30 heavy (non-hydrogen) atoms. The van der Waals surface area contributed by atoms with E-state index in [4.69, 9.17) is 15.2 Å². The summed E-state index contributed by atoms with van der Waals surface area (Å²) < 4.78 is 12.2. The molecule has 2 aromatic heterocycles. The monoisotopic (exact) mass is 416 g/mol. The number of aliphatic hydroxyl groups excluding tert-OH is 3. The molecule has 0 radical (unpaired) electrons. The predicted molar refractivity (Wildman–Crippen MR) is 108 cm³/mol. The second-order valence-corrected chi connectivity index (χ2v) is 7.01. The fourth-order valence-corrected chi connectivity index (χ4v) is 3.47. The molecule has 4 rings (SSSR count). The Balaban J connectivity index is 1.53. The molecular formula is C19H24N6O5. The van der Waals surface area contributed by atoms with E-state index in [1.54, 1.807) is 7.11 Å². The number of rotatable bonds is 7. The smallest absolute Gasteiger partial charge is 0.224 e. The van der Waals surface area contributed by atoms with Gasteiger partial charge in [-0.15, -0.1) is 0 Å². The van der Waals surface area contributed by atoms with E-state index in [2.05, 4.69) is 20.3 Å². The number of nitrogens with zero attached hydrogens (tertiary/aromatic N) is 4. The summed E-state index contributed by atoms with van der Waals surface area (Å²) in [4.78, 5) is 12.8. The highest BCUT2D eigenvalue weighted by molar-refractivity contribution is 5.84. The van der Waals surface area contributed by atoms with Crippen LogP contribution in [0.25, 0.3) is 11.2 Å². The molecule has 0 aliphatic carbocycles. The van der Waals surface area contributed by atoms with Crippen LogP contribution in [0.15, 0.2) is 30.6 Å². The molecule has 1 aliphatic heterocycles. The van der Waals surface area contributed by atoms with Crippen LogP contribution in [0.4, 0.5) is 11.8 Å². The lowest BCUT2D eigenvalue weighted by atomic mass is 10.1. The molecule has 1 aliphatic rings. The van der Waals surface area contributed by atoms with Crippen molar-refractivity contribution in [3.63, 3.8) is 0 Å². The van der Waals surface area contributed by atoms with Gasteiger partial charge in [0.25, 0.3) is 0 Å². The average molecular weight is 416 g/mol. The lowest BCUT2D eigenvalue weighted by molar-refractivity contribution is -0.0511. The summed E-state index contributed by atoms with van der Waals surface area (Å²) >= 11 is 0. The lowest BCUT2D eigenvalue weighted by Crippen LogP contribution is -2.33. The molecule has 3 aromatic rings. The summed E-state index contributed by atoms with van der Waals surface area (Å²) in [7, 11) is 1.63. The highest BCUT2D eigenvalue weighted by Gasteiger charge is 2.44. The zero-order valence-corrected chi connectivity index (χ0v) is 16.3. The molecule has 3 heterocycles. The fourth-order valence-electron chi connectivity index (χ4n) is 3.47. The van der Waals surface area contributed by atoms with Crippen molar-refractivity contribution in [1.29, 1.82) is 0 Å². The molecule has 11 nitrogen and oxygen atoms in total. The third-order valence-electron chi connectivity index (χ3n) is 5.10. The number of nitrogens with two attached hydrogens (primary N) is 1. The Hall–Kier alpha value is -2.99. The Morgan fingerprint density at radius 1 is 1.20 bits per heavy atom. The highest BCUT2D eigenvalue weighted by Crippen LogP contribution is 2.32. The third kappa shape index (κ3) is 3.75. The van der Waals surface area contributed by atoms with E-state index in [-0.39, 0.29) is 5.95 Å². The summed E-state index contributed by atoms with van der Waals surface area (Å²) in [6.07, 6.45) is -2.15. The molecule has 0 saturated carbocycles. The maximum Gasteiger partial charge on any atom is 0.224 e. The van der Waals surface area contributed by atoms with Crippen LogP contribution < -0.4 is 15.8 Å². The number of benzene rings is 1. The van der Waals surface area contributed by atoms with Crippen LogP contribution in [0.1, 0.15) is 11.8 Å². The van der Waals surface area contributed by atoms with Gasteiger partial charge in [0.2, 0.25) is 5.95 Å². The van der Waals surface area contributed by atoms with E-state index in [0.29, 0.717) is 23.5 Å². The molecule has 160 valence electrons. The Morgan fingerprint density at radius 3 is 2.63 bits per heavy atom. The van der Waals surface area contributed by atoms with Crippen molar-refractivity contribution >= 4 is 22.9 Å². The lowest BCUT2D eigenvalue weighted by Gasteiger charge is -2.16. The van der Waals surface area contributed by atoms with E-state index >= 15 is 0 Å². The van der Waals surface area contributed by atoms with Crippen LogP contribution in [0.5, 0.6) is 5.75 Å². The molecule has 1 saturated heterocycles. The van der Waals surface area contributed by atoms with Crippen LogP contribution in [-0.2, 0) is 11.2 Å². The van der Waals surface area contributed by atoms with Crippen LogP contribution >= 0.6 is 0 Å². The van der Waals surface area contributed by atoms with E-state index < -0.39 is 31.1 Å². The third-order valence-corrected chi connectivity index (χ3v) is 5.10. The second-order valence-electron chi connectivity index (χ2n) is 7.01. The van der Waals surface area contributed by atoms with Crippen LogP contribution in [0.2, 0.25) is 0 Å². The Labute approximate surface area is 172 Å². The molecule has 11 heteroatoms.